The molecule has 0 radical (unpaired) electrons. The van der Waals surface area contributed by atoms with E-state index in [2.05, 4.69) is 15.5 Å². The summed E-state index contributed by atoms with van der Waals surface area (Å²) in [5, 5.41) is 7.28. The molecule has 98 valence electrons. The molecule has 0 unspecified atom stereocenters. The van der Waals surface area contributed by atoms with Crippen LogP contribution in [0.15, 0.2) is 34.7 Å². The van der Waals surface area contributed by atoms with Gasteiger partial charge in [0.05, 0.1) is 23.3 Å². The maximum absolute atomic E-state index is 11.6. The molecule has 4 nitrogen and oxygen atoms in total. The monoisotopic (exact) mass is 293 g/mol. The zero-order chi connectivity index (χ0) is 13.7. The van der Waals surface area contributed by atoms with Crippen molar-refractivity contribution in [2.45, 2.75) is 13.3 Å². The number of hydrogen-bond acceptors (Lipinski definition) is 4. The van der Waals surface area contributed by atoms with Gasteiger partial charge in [-0.15, -0.1) is 11.3 Å². The Balaban J connectivity index is 1.88. The number of carbonyl (C=O) groups is 1. The van der Waals surface area contributed by atoms with Crippen molar-refractivity contribution in [1.29, 1.82) is 0 Å². The van der Waals surface area contributed by atoms with Crippen LogP contribution in [0.3, 0.4) is 0 Å². The summed E-state index contributed by atoms with van der Waals surface area (Å²) in [6, 6.07) is 7.28. The van der Waals surface area contributed by atoms with Crippen molar-refractivity contribution in [3.8, 4) is 0 Å². The lowest BCUT2D eigenvalue weighted by atomic mass is 10.2. The Hall–Kier alpha value is -1.72. The largest absolute Gasteiger partial charge is 0.273 e. The van der Waals surface area contributed by atoms with Crippen molar-refractivity contribution in [1.82, 2.24) is 10.4 Å². The second-order valence-electron chi connectivity index (χ2n) is 3.85. The van der Waals surface area contributed by atoms with Gasteiger partial charge in [0.1, 0.15) is 0 Å². The minimum absolute atomic E-state index is 0.200. The first-order valence-corrected chi connectivity index (χ1v) is 6.88. The number of hydrazone groups is 1. The predicted molar refractivity (Wildman–Crippen MR) is 77.7 cm³/mol. The van der Waals surface area contributed by atoms with Crippen LogP contribution in [0.4, 0.5) is 0 Å². The zero-order valence-corrected chi connectivity index (χ0v) is 11.8. The number of aromatic nitrogens is 1. The van der Waals surface area contributed by atoms with E-state index in [9.17, 15) is 4.79 Å². The number of carbonyl (C=O) groups excluding carboxylic acids is 1. The molecule has 19 heavy (non-hydrogen) atoms. The number of nitrogens with zero attached hydrogens (tertiary/aromatic N) is 2. The Kier molecular flexibility index (Phi) is 4.65. The minimum atomic E-state index is -0.200. The summed E-state index contributed by atoms with van der Waals surface area (Å²) in [6.45, 7) is 1.90. The molecular weight excluding hydrogens is 282 g/mol. The number of hydrogen-bond donors (Lipinski definition) is 1. The number of benzene rings is 1. The Labute approximate surface area is 120 Å². The van der Waals surface area contributed by atoms with Gasteiger partial charge in [-0.3, -0.25) is 4.79 Å². The summed E-state index contributed by atoms with van der Waals surface area (Å²) in [6.07, 6.45) is 1.75. The molecule has 0 aliphatic rings. The fourth-order valence-corrected chi connectivity index (χ4v) is 2.24. The van der Waals surface area contributed by atoms with Gasteiger partial charge in [-0.1, -0.05) is 29.8 Å². The SMILES string of the molecule is Cc1nc(CC(=O)N/N=C\c2ccccc2Cl)cs1. The van der Waals surface area contributed by atoms with E-state index in [4.69, 9.17) is 11.6 Å². The predicted octanol–water partition coefficient (Wildman–Crippen LogP) is 2.80. The van der Waals surface area contributed by atoms with Crippen LogP contribution in [0, 0.1) is 6.92 Å². The topological polar surface area (TPSA) is 54.4 Å². The highest BCUT2D eigenvalue weighted by Gasteiger charge is 2.05. The molecule has 0 fully saturated rings. The number of thiazole rings is 1. The van der Waals surface area contributed by atoms with Crippen molar-refractivity contribution in [3.05, 3.63) is 50.9 Å². The Bertz CT molecular complexity index is 609. The van der Waals surface area contributed by atoms with Crippen molar-refractivity contribution in [2.75, 3.05) is 0 Å². The van der Waals surface area contributed by atoms with E-state index in [0.29, 0.717) is 5.02 Å². The molecule has 0 saturated heterocycles. The maximum Gasteiger partial charge on any atom is 0.246 e. The quantitative estimate of drug-likeness (QED) is 0.696. The highest BCUT2D eigenvalue weighted by Crippen LogP contribution is 2.12. The summed E-state index contributed by atoms with van der Waals surface area (Å²) in [5.41, 5.74) is 3.97. The molecule has 1 aromatic carbocycles. The maximum atomic E-state index is 11.6. The molecule has 0 saturated carbocycles. The zero-order valence-electron chi connectivity index (χ0n) is 10.3. The first-order chi connectivity index (χ1) is 9.15. The van der Waals surface area contributed by atoms with Gasteiger partial charge in [-0.05, 0) is 13.0 Å². The van der Waals surface area contributed by atoms with Gasteiger partial charge in [0.2, 0.25) is 5.91 Å². The fraction of sp³-hybridized carbons (Fsp3) is 0.154. The molecule has 2 aromatic rings. The van der Waals surface area contributed by atoms with Crippen molar-refractivity contribution in [3.63, 3.8) is 0 Å². The Morgan fingerprint density at radius 1 is 1.53 bits per heavy atom. The van der Waals surface area contributed by atoms with Gasteiger partial charge in [0.25, 0.3) is 0 Å². The molecule has 6 heteroatoms. The molecule has 0 bridgehead atoms. The van der Waals surface area contributed by atoms with Gasteiger partial charge in [0, 0.05) is 16.0 Å². The summed E-state index contributed by atoms with van der Waals surface area (Å²) in [7, 11) is 0. The van der Waals surface area contributed by atoms with E-state index < -0.39 is 0 Å². The van der Waals surface area contributed by atoms with E-state index in [1.807, 2.05) is 30.5 Å². The number of nitrogens with one attached hydrogen (secondary N) is 1. The molecule has 0 atom stereocenters. The van der Waals surface area contributed by atoms with Crippen LogP contribution >= 0.6 is 22.9 Å². The summed E-state index contributed by atoms with van der Waals surface area (Å²) < 4.78 is 0. The van der Waals surface area contributed by atoms with Crippen LogP contribution in [0.1, 0.15) is 16.3 Å². The van der Waals surface area contributed by atoms with Gasteiger partial charge >= 0.3 is 0 Å². The van der Waals surface area contributed by atoms with Gasteiger partial charge < -0.3 is 0 Å². The molecule has 1 heterocycles. The lowest BCUT2D eigenvalue weighted by Crippen LogP contribution is -2.19. The lowest BCUT2D eigenvalue weighted by molar-refractivity contribution is -0.120. The molecule has 2 rings (SSSR count). The number of rotatable bonds is 4. The van der Waals surface area contributed by atoms with Gasteiger partial charge in [-0.2, -0.15) is 5.10 Å². The smallest absolute Gasteiger partial charge is 0.246 e. The summed E-state index contributed by atoms with van der Waals surface area (Å²) in [4.78, 5) is 15.8. The highest BCUT2D eigenvalue weighted by atomic mass is 35.5. The van der Waals surface area contributed by atoms with Crippen LogP contribution in [-0.2, 0) is 11.2 Å². The van der Waals surface area contributed by atoms with Gasteiger partial charge in [0.15, 0.2) is 0 Å². The molecule has 1 N–H and O–H groups in total. The second-order valence-corrected chi connectivity index (χ2v) is 5.32. The van der Waals surface area contributed by atoms with Crippen LogP contribution in [-0.4, -0.2) is 17.1 Å². The molecule has 0 spiro atoms. The molecular formula is C13H12ClN3OS. The first-order valence-electron chi connectivity index (χ1n) is 5.62. The number of aryl methyl sites for hydroxylation is 1. The van der Waals surface area contributed by atoms with Crippen molar-refractivity contribution >= 4 is 35.1 Å². The Morgan fingerprint density at radius 2 is 2.32 bits per heavy atom. The normalized spacial score (nSPS) is 10.8. The lowest BCUT2D eigenvalue weighted by Gasteiger charge is -1.98. The molecule has 0 aliphatic heterocycles. The van der Waals surface area contributed by atoms with Crippen LogP contribution in [0.25, 0.3) is 0 Å². The van der Waals surface area contributed by atoms with Crippen LogP contribution in [0.2, 0.25) is 5.02 Å². The number of amides is 1. The third-order valence-corrected chi connectivity index (χ3v) is 3.47. The fourth-order valence-electron chi connectivity index (χ4n) is 1.45. The van der Waals surface area contributed by atoms with Crippen LogP contribution < -0.4 is 5.43 Å². The van der Waals surface area contributed by atoms with E-state index in [1.165, 1.54) is 17.6 Å². The molecule has 1 aromatic heterocycles. The standard InChI is InChI=1S/C13H12ClN3OS/c1-9-16-11(8-19-9)6-13(18)17-15-7-10-4-2-3-5-12(10)14/h2-5,7-8H,6H2,1H3,(H,17,18)/b15-7-. The van der Waals surface area contributed by atoms with E-state index in [-0.39, 0.29) is 12.3 Å². The van der Waals surface area contributed by atoms with Crippen molar-refractivity contribution in [2.24, 2.45) is 5.10 Å². The average Bonchev–Trinajstić information content (AvgIpc) is 2.77. The first kappa shape index (κ1) is 13.7. The third kappa shape index (κ3) is 4.15. The average molecular weight is 294 g/mol. The second kappa shape index (κ2) is 6.45. The third-order valence-electron chi connectivity index (χ3n) is 2.31. The van der Waals surface area contributed by atoms with E-state index >= 15 is 0 Å². The van der Waals surface area contributed by atoms with E-state index in [0.717, 1.165) is 16.3 Å². The minimum Gasteiger partial charge on any atom is -0.273 e. The molecule has 1 amide bonds. The van der Waals surface area contributed by atoms with Crippen LogP contribution in [0.5, 0.6) is 0 Å². The molecule has 0 aliphatic carbocycles. The van der Waals surface area contributed by atoms with Crippen molar-refractivity contribution < 1.29 is 4.79 Å². The highest BCUT2D eigenvalue weighted by molar-refractivity contribution is 7.09. The summed E-state index contributed by atoms with van der Waals surface area (Å²) in [5.74, 6) is -0.200. The Morgan fingerprint density at radius 3 is 3.00 bits per heavy atom. The summed E-state index contributed by atoms with van der Waals surface area (Å²) >= 11 is 7.48. The van der Waals surface area contributed by atoms with E-state index in [1.54, 1.807) is 6.07 Å². The van der Waals surface area contributed by atoms with Gasteiger partial charge in [-0.25, -0.2) is 10.4 Å². The number of halogens is 1.